The molecule has 0 atom stereocenters. The van der Waals surface area contributed by atoms with E-state index in [-0.39, 0.29) is 0 Å². The van der Waals surface area contributed by atoms with Crippen LogP contribution in [-0.4, -0.2) is 37.3 Å². The van der Waals surface area contributed by atoms with Crippen molar-refractivity contribution in [3.8, 4) is 0 Å². The summed E-state index contributed by atoms with van der Waals surface area (Å²) in [6.07, 6.45) is 6.74. The number of hydrogen-bond acceptors (Lipinski definition) is 4. The molecule has 0 bridgehead atoms. The number of likely N-dealkylation sites (N-methyl/N-ethyl adjacent to an activating group) is 1. The lowest BCUT2D eigenvalue weighted by Crippen LogP contribution is -2.26. The maximum atomic E-state index is 5.60. The molecule has 1 saturated carbocycles. The number of nitrogens with zero attached hydrogens (tertiary/aromatic N) is 2. The van der Waals surface area contributed by atoms with Gasteiger partial charge in [0.1, 0.15) is 0 Å². The van der Waals surface area contributed by atoms with Crippen LogP contribution in [0.1, 0.15) is 32.3 Å². The van der Waals surface area contributed by atoms with Crippen LogP contribution in [0.5, 0.6) is 0 Å². The fourth-order valence-electron chi connectivity index (χ4n) is 2.00. The fourth-order valence-corrected chi connectivity index (χ4v) is 2.00. The second-order valence-corrected chi connectivity index (χ2v) is 5.50. The van der Waals surface area contributed by atoms with Gasteiger partial charge < -0.3 is 15.0 Å². The molecule has 0 aromatic carbocycles. The van der Waals surface area contributed by atoms with E-state index in [2.05, 4.69) is 42.2 Å². The van der Waals surface area contributed by atoms with Crippen molar-refractivity contribution in [2.24, 2.45) is 0 Å². The molecule has 106 valence electrons. The Morgan fingerprint density at radius 1 is 1.47 bits per heavy atom. The normalized spacial score (nSPS) is 14.9. The molecule has 1 fully saturated rings. The van der Waals surface area contributed by atoms with Crippen molar-refractivity contribution in [2.75, 3.05) is 25.1 Å². The highest BCUT2D eigenvalue weighted by atomic mass is 16.5. The third-order valence-corrected chi connectivity index (χ3v) is 3.34. The Morgan fingerprint density at radius 3 is 2.95 bits per heavy atom. The minimum Gasteiger partial charge on any atom is -0.377 e. The maximum Gasteiger partial charge on any atom is 0.0644 e. The molecule has 1 aliphatic rings. The lowest BCUT2D eigenvalue weighted by Gasteiger charge is -2.22. The number of pyridine rings is 1. The SMILES string of the molecule is CC(C)OCCN(C)c1cnccc1CNC1CC1. The van der Waals surface area contributed by atoms with Gasteiger partial charge in [0.15, 0.2) is 0 Å². The first-order chi connectivity index (χ1) is 9.16. The summed E-state index contributed by atoms with van der Waals surface area (Å²) in [5, 5.41) is 3.56. The summed E-state index contributed by atoms with van der Waals surface area (Å²) in [5.41, 5.74) is 2.51. The van der Waals surface area contributed by atoms with Gasteiger partial charge in [-0.15, -0.1) is 0 Å². The number of ether oxygens (including phenoxy) is 1. The maximum absolute atomic E-state index is 5.60. The van der Waals surface area contributed by atoms with Crippen LogP contribution in [-0.2, 0) is 11.3 Å². The molecule has 1 aromatic heterocycles. The molecule has 0 saturated heterocycles. The van der Waals surface area contributed by atoms with Crippen molar-refractivity contribution in [1.29, 1.82) is 0 Å². The molecule has 0 amide bonds. The third kappa shape index (κ3) is 4.80. The Bertz CT molecular complexity index is 391. The van der Waals surface area contributed by atoms with E-state index in [4.69, 9.17) is 4.74 Å². The molecule has 1 aliphatic carbocycles. The molecule has 0 unspecified atom stereocenters. The highest BCUT2D eigenvalue weighted by molar-refractivity contribution is 5.51. The lowest BCUT2D eigenvalue weighted by atomic mass is 10.2. The molecule has 4 heteroatoms. The van der Waals surface area contributed by atoms with Gasteiger partial charge in [-0.05, 0) is 38.3 Å². The van der Waals surface area contributed by atoms with E-state index in [9.17, 15) is 0 Å². The monoisotopic (exact) mass is 263 g/mol. The third-order valence-electron chi connectivity index (χ3n) is 3.34. The van der Waals surface area contributed by atoms with Crippen LogP contribution >= 0.6 is 0 Å². The first kappa shape index (κ1) is 14.3. The Hall–Kier alpha value is -1.13. The minimum absolute atomic E-state index is 0.290. The van der Waals surface area contributed by atoms with Gasteiger partial charge in [-0.1, -0.05) is 0 Å². The molecule has 0 aliphatic heterocycles. The average molecular weight is 263 g/mol. The van der Waals surface area contributed by atoms with Gasteiger partial charge in [0.2, 0.25) is 0 Å². The Kier molecular flexibility index (Phi) is 5.16. The summed E-state index contributed by atoms with van der Waals surface area (Å²) in [7, 11) is 2.10. The summed E-state index contributed by atoms with van der Waals surface area (Å²) in [6.45, 7) is 6.70. The van der Waals surface area contributed by atoms with E-state index in [1.807, 2.05) is 12.4 Å². The first-order valence-corrected chi connectivity index (χ1v) is 7.16. The van der Waals surface area contributed by atoms with Crippen LogP contribution < -0.4 is 10.2 Å². The molecular formula is C15H25N3O. The quantitative estimate of drug-likeness (QED) is 0.780. The van der Waals surface area contributed by atoms with Gasteiger partial charge in [0.05, 0.1) is 24.6 Å². The van der Waals surface area contributed by atoms with Crippen molar-refractivity contribution in [2.45, 2.75) is 45.4 Å². The number of aromatic nitrogens is 1. The number of hydrogen-bond donors (Lipinski definition) is 1. The second-order valence-electron chi connectivity index (χ2n) is 5.50. The fraction of sp³-hybridized carbons (Fsp3) is 0.667. The molecule has 0 spiro atoms. The molecule has 1 N–H and O–H groups in total. The van der Waals surface area contributed by atoms with Crippen LogP contribution in [0.25, 0.3) is 0 Å². The van der Waals surface area contributed by atoms with E-state index >= 15 is 0 Å². The summed E-state index contributed by atoms with van der Waals surface area (Å²) in [4.78, 5) is 6.46. The summed E-state index contributed by atoms with van der Waals surface area (Å²) in [5.74, 6) is 0. The lowest BCUT2D eigenvalue weighted by molar-refractivity contribution is 0.0846. The Morgan fingerprint density at radius 2 is 2.26 bits per heavy atom. The molecule has 19 heavy (non-hydrogen) atoms. The zero-order chi connectivity index (χ0) is 13.7. The molecule has 1 heterocycles. The number of rotatable bonds is 8. The first-order valence-electron chi connectivity index (χ1n) is 7.16. The highest BCUT2D eigenvalue weighted by Crippen LogP contribution is 2.22. The number of anilines is 1. The van der Waals surface area contributed by atoms with Crippen LogP contribution in [0.4, 0.5) is 5.69 Å². The molecule has 0 radical (unpaired) electrons. The Labute approximate surface area is 116 Å². The van der Waals surface area contributed by atoms with Gasteiger partial charge in [-0.2, -0.15) is 0 Å². The van der Waals surface area contributed by atoms with Crippen LogP contribution in [0.3, 0.4) is 0 Å². The van der Waals surface area contributed by atoms with E-state index in [1.165, 1.54) is 24.1 Å². The molecule has 2 rings (SSSR count). The van der Waals surface area contributed by atoms with Gasteiger partial charge in [0.25, 0.3) is 0 Å². The smallest absolute Gasteiger partial charge is 0.0644 e. The van der Waals surface area contributed by atoms with E-state index in [0.717, 1.165) is 25.7 Å². The zero-order valence-electron chi connectivity index (χ0n) is 12.2. The molecule has 1 aromatic rings. The standard InChI is InChI=1S/C15H25N3O/c1-12(2)19-9-8-18(3)15-11-16-7-6-13(15)10-17-14-4-5-14/h6-7,11-12,14,17H,4-5,8-10H2,1-3H3. The topological polar surface area (TPSA) is 37.4 Å². The van der Waals surface area contributed by atoms with E-state index in [1.54, 1.807) is 0 Å². The summed E-state index contributed by atoms with van der Waals surface area (Å²) >= 11 is 0. The molecule has 4 nitrogen and oxygen atoms in total. The van der Waals surface area contributed by atoms with Gasteiger partial charge >= 0.3 is 0 Å². The second kappa shape index (κ2) is 6.87. The Balaban J connectivity index is 1.89. The van der Waals surface area contributed by atoms with Crippen molar-refractivity contribution in [1.82, 2.24) is 10.3 Å². The largest absolute Gasteiger partial charge is 0.377 e. The molecular weight excluding hydrogens is 238 g/mol. The van der Waals surface area contributed by atoms with Gasteiger partial charge in [-0.25, -0.2) is 0 Å². The van der Waals surface area contributed by atoms with Crippen LogP contribution in [0.15, 0.2) is 18.5 Å². The highest BCUT2D eigenvalue weighted by Gasteiger charge is 2.20. The number of nitrogens with one attached hydrogen (secondary N) is 1. The van der Waals surface area contributed by atoms with E-state index < -0.39 is 0 Å². The van der Waals surface area contributed by atoms with Crippen molar-refractivity contribution >= 4 is 5.69 Å². The van der Waals surface area contributed by atoms with Gasteiger partial charge in [-0.3, -0.25) is 4.98 Å². The summed E-state index contributed by atoms with van der Waals surface area (Å²) in [6, 6.07) is 2.83. The van der Waals surface area contributed by atoms with Crippen molar-refractivity contribution in [3.63, 3.8) is 0 Å². The summed E-state index contributed by atoms with van der Waals surface area (Å²) < 4.78 is 5.60. The van der Waals surface area contributed by atoms with Gasteiger partial charge in [0, 0.05) is 32.4 Å². The zero-order valence-corrected chi connectivity index (χ0v) is 12.2. The van der Waals surface area contributed by atoms with Crippen LogP contribution in [0, 0.1) is 0 Å². The average Bonchev–Trinajstić information content (AvgIpc) is 3.20. The van der Waals surface area contributed by atoms with E-state index in [0.29, 0.717) is 6.10 Å². The predicted octanol–water partition coefficient (Wildman–Crippen LogP) is 2.19. The minimum atomic E-state index is 0.290. The van der Waals surface area contributed by atoms with Crippen molar-refractivity contribution in [3.05, 3.63) is 24.0 Å². The van der Waals surface area contributed by atoms with Crippen LogP contribution in [0.2, 0.25) is 0 Å². The predicted molar refractivity (Wildman–Crippen MR) is 78.5 cm³/mol. The van der Waals surface area contributed by atoms with Crippen molar-refractivity contribution < 1.29 is 4.74 Å².